The molecule has 0 aromatic carbocycles. The van der Waals surface area contributed by atoms with Gasteiger partial charge in [-0.1, -0.05) is 0 Å². The highest BCUT2D eigenvalue weighted by atomic mass is 16.5. The Hall–Kier alpha value is -3.09. The van der Waals surface area contributed by atoms with E-state index in [0.29, 0.717) is 55.3 Å². The quantitative estimate of drug-likeness (QED) is 0.562. The Kier molecular flexibility index (Phi) is 8.17. The number of rotatable bonds is 10. The van der Waals surface area contributed by atoms with Gasteiger partial charge in [0.1, 0.15) is 29.2 Å². The van der Waals surface area contributed by atoms with Gasteiger partial charge in [0.2, 0.25) is 0 Å². The van der Waals surface area contributed by atoms with Gasteiger partial charge in [-0.05, 0) is 44.7 Å². The minimum absolute atomic E-state index is 0.211. The van der Waals surface area contributed by atoms with Crippen LogP contribution >= 0.6 is 0 Å². The molecular formula is C24H30N6O3. The molecule has 1 atom stereocenters. The lowest BCUT2D eigenvalue weighted by Crippen LogP contribution is -2.28. The number of carbonyl (C=O) groups is 1. The van der Waals surface area contributed by atoms with Crippen LogP contribution in [0.2, 0.25) is 0 Å². The van der Waals surface area contributed by atoms with Gasteiger partial charge in [-0.2, -0.15) is 5.26 Å². The van der Waals surface area contributed by atoms with Gasteiger partial charge in [-0.25, -0.2) is 15.0 Å². The predicted molar refractivity (Wildman–Crippen MR) is 122 cm³/mol. The molecule has 2 aliphatic heterocycles. The van der Waals surface area contributed by atoms with Crippen LogP contribution in [0.4, 0.5) is 11.6 Å². The fraction of sp³-hybridized carbons (Fsp3) is 0.542. The minimum Gasteiger partial charge on any atom is -0.493 e. The van der Waals surface area contributed by atoms with Crippen molar-refractivity contribution in [2.24, 2.45) is 11.8 Å². The van der Waals surface area contributed by atoms with Crippen molar-refractivity contribution in [1.29, 1.82) is 5.26 Å². The molecule has 9 nitrogen and oxygen atoms in total. The Morgan fingerprint density at radius 2 is 2.00 bits per heavy atom. The molecule has 2 aromatic rings. The number of ketones is 1. The van der Waals surface area contributed by atoms with Gasteiger partial charge < -0.3 is 20.1 Å². The van der Waals surface area contributed by atoms with Crippen LogP contribution in [0.3, 0.4) is 0 Å². The summed E-state index contributed by atoms with van der Waals surface area (Å²) in [7, 11) is 0. The molecule has 174 valence electrons. The molecule has 4 rings (SSSR count). The second kappa shape index (κ2) is 11.7. The molecule has 2 saturated heterocycles. The number of ether oxygens (including phenoxy) is 2. The SMILES string of the molecule is N#Cc1cnc(Nc2cc(OCC3CCOC3)c(CC(=O)CCC3CCNCC3)cn2)cn1. The maximum atomic E-state index is 12.7. The smallest absolute Gasteiger partial charge is 0.158 e. The molecule has 0 saturated carbocycles. The largest absolute Gasteiger partial charge is 0.493 e. The summed E-state index contributed by atoms with van der Waals surface area (Å²) in [5.74, 6) is 2.85. The highest BCUT2D eigenvalue weighted by molar-refractivity contribution is 5.81. The average Bonchev–Trinajstić information content (AvgIpc) is 3.38. The number of aromatic nitrogens is 3. The Morgan fingerprint density at radius 1 is 1.15 bits per heavy atom. The second-order valence-electron chi connectivity index (χ2n) is 8.69. The molecule has 0 radical (unpaired) electrons. The highest BCUT2D eigenvalue weighted by Crippen LogP contribution is 2.26. The highest BCUT2D eigenvalue weighted by Gasteiger charge is 2.19. The second-order valence-corrected chi connectivity index (χ2v) is 8.69. The summed E-state index contributed by atoms with van der Waals surface area (Å²) in [4.78, 5) is 25.4. The van der Waals surface area contributed by atoms with E-state index in [2.05, 4.69) is 25.6 Å². The molecule has 0 bridgehead atoms. The molecular weight excluding hydrogens is 420 g/mol. The van der Waals surface area contributed by atoms with Crippen LogP contribution in [0.25, 0.3) is 0 Å². The van der Waals surface area contributed by atoms with Gasteiger partial charge in [0.05, 0.1) is 25.6 Å². The van der Waals surface area contributed by atoms with Crippen LogP contribution in [0.5, 0.6) is 5.75 Å². The summed E-state index contributed by atoms with van der Waals surface area (Å²) < 4.78 is 11.6. The van der Waals surface area contributed by atoms with Gasteiger partial charge in [0.25, 0.3) is 0 Å². The lowest BCUT2D eigenvalue weighted by atomic mass is 9.91. The van der Waals surface area contributed by atoms with E-state index in [-0.39, 0.29) is 11.5 Å². The van der Waals surface area contributed by atoms with E-state index >= 15 is 0 Å². The number of pyridine rings is 1. The van der Waals surface area contributed by atoms with Crippen LogP contribution in [0, 0.1) is 23.2 Å². The average molecular weight is 451 g/mol. The summed E-state index contributed by atoms with van der Waals surface area (Å²) in [6.45, 7) is 4.09. The van der Waals surface area contributed by atoms with Crippen LogP contribution in [0.15, 0.2) is 24.7 Å². The summed E-state index contributed by atoms with van der Waals surface area (Å²) in [6.07, 6.45) is 9.68. The van der Waals surface area contributed by atoms with Crippen LogP contribution in [0.1, 0.15) is 43.4 Å². The van der Waals surface area contributed by atoms with E-state index < -0.39 is 0 Å². The number of anilines is 2. The number of carbonyl (C=O) groups excluding carboxylic acids is 1. The first-order chi connectivity index (χ1) is 16.2. The molecule has 0 spiro atoms. The number of hydrogen-bond acceptors (Lipinski definition) is 9. The van der Waals surface area contributed by atoms with Gasteiger partial charge in [-0.3, -0.25) is 4.79 Å². The number of nitrogens with one attached hydrogen (secondary N) is 2. The van der Waals surface area contributed by atoms with Crippen molar-refractivity contribution in [3.8, 4) is 11.8 Å². The number of hydrogen-bond donors (Lipinski definition) is 2. The first-order valence-corrected chi connectivity index (χ1v) is 11.6. The third kappa shape index (κ3) is 6.94. The topological polar surface area (TPSA) is 122 Å². The molecule has 2 aliphatic rings. The maximum absolute atomic E-state index is 12.7. The van der Waals surface area contributed by atoms with E-state index in [1.54, 1.807) is 12.3 Å². The van der Waals surface area contributed by atoms with E-state index in [9.17, 15) is 4.79 Å². The number of nitriles is 1. The van der Waals surface area contributed by atoms with Crippen LogP contribution in [-0.4, -0.2) is 53.6 Å². The monoisotopic (exact) mass is 450 g/mol. The fourth-order valence-electron chi connectivity index (χ4n) is 4.14. The van der Waals surface area contributed by atoms with Crippen LogP contribution in [-0.2, 0) is 16.0 Å². The van der Waals surface area contributed by atoms with Crippen molar-refractivity contribution in [2.45, 2.75) is 38.5 Å². The molecule has 2 aromatic heterocycles. The van der Waals surface area contributed by atoms with Crippen molar-refractivity contribution in [3.63, 3.8) is 0 Å². The zero-order valence-electron chi connectivity index (χ0n) is 18.8. The number of piperidine rings is 1. The zero-order valence-corrected chi connectivity index (χ0v) is 18.8. The zero-order chi connectivity index (χ0) is 22.9. The van der Waals surface area contributed by atoms with Crippen molar-refractivity contribution >= 4 is 17.4 Å². The summed E-state index contributed by atoms with van der Waals surface area (Å²) >= 11 is 0. The van der Waals surface area contributed by atoms with E-state index in [0.717, 1.165) is 50.9 Å². The predicted octanol–water partition coefficient (Wildman–Crippen LogP) is 2.79. The van der Waals surface area contributed by atoms with Crippen molar-refractivity contribution in [1.82, 2.24) is 20.3 Å². The van der Waals surface area contributed by atoms with Crippen molar-refractivity contribution in [2.75, 3.05) is 38.2 Å². The van der Waals surface area contributed by atoms with Gasteiger partial charge >= 0.3 is 0 Å². The van der Waals surface area contributed by atoms with Crippen molar-refractivity contribution < 1.29 is 14.3 Å². The lowest BCUT2D eigenvalue weighted by Gasteiger charge is -2.22. The third-order valence-corrected chi connectivity index (χ3v) is 6.14. The Morgan fingerprint density at radius 3 is 2.73 bits per heavy atom. The third-order valence-electron chi connectivity index (χ3n) is 6.14. The van der Waals surface area contributed by atoms with Gasteiger partial charge in [0, 0.05) is 43.2 Å². The first-order valence-electron chi connectivity index (χ1n) is 11.6. The van der Waals surface area contributed by atoms with Crippen LogP contribution < -0.4 is 15.4 Å². The summed E-state index contributed by atoms with van der Waals surface area (Å²) in [5.41, 5.74) is 1.04. The van der Waals surface area contributed by atoms with Gasteiger partial charge in [0.15, 0.2) is 5.69 Å². The fourth-order valence-corrected chi connectivity index (χ4v) is 4.14. The molecule has 4 heterocycles. The summed E-state index contributed by atoms with van der Waals surface area (Å²) in [6, 6.07) is 3.74. The Balaban J connectivity index is 1.41. The molecule has 0 aliphatic carbocycles. The molecule has 2 fully saturated rings. The van der Waals surface area contributed by atoms with E-state index in [1.807, 2.05) is 6.07 Å². The molecule has 0 amide bonds. The number of nitrogens with zero attached hydrogens (tertiary/aromatic N) is 4. The standard InChI is InChI=1S/C24H30N6O3/c25-11-20-13-29-24(14-27-20)30-23-10-22(33-16-18-5-8-32-15-18)19(12-28-23)9-21(31)2-1-17-3-6-26-7-4-17/h10,12-14,17-18,26H,1-9,15-16H2,(H,28,29,30). The van der Waals surface area contributed by atoms with E-state index in [1.165, 1.54) is 12.4 Å². The minimum atomic E-state index is 0.211. The Labute approximate surface area is 193 Å². The van der Waals surface area contributed by atoms with Crippen molar-refractivity contribution in [3.05, 3.63) is 35.9 Å². The first kappa shape index (κ1) is 23.1. The Bertz CT molecular complexity index is 963. The molecule has 2 N–H and O–H groups in total. The maximum Gasteiger partial charge on any atom is 0.158 e. The normalized spacial score (nSPS) is 18.6. The lowest BCUT2D eigenvalue weighted by molar-refractivity contribution is -0.118. The number of Topliss-reactive ketones (excluding diaryl/α,β-unsaturated/α-hetero) is 1. The molecule has 9 heteroatoms. The van der Waals surface area contributed by atoms with E-state index in [4.69, 9.17) is 14.7 Å². The van der Waals surface area contributed by atoms with Gasteiger partial charge in [-0.15, -0.1) is 0 Å². The molecule has 1 unspecified atom stereocenters. The summed E-state index contributed by atoms with van der Waals surface area (Å²) in [5, 5.41) is 15.3. The molecule has 33 heavy (non-hydrogen) atoms.